The highest BCUT2D eigenvalue weighted by Crippen LogP contribution is 2.25. The number of carbonyl (C=O) groups is 1. The predicted octanol–water partition coefficient (Wildman–Crippen LogP) is 3.93. The first-order valence-corrected chi connectivity index (χ1v) is 8.73. The largest absolute Gasteiger partial charge is 0.478 e. The molecule has 0 saturated carbocycles. The molecule has 6 heteroatoms. The van der Waals surface area contributed by atoms with E-state index in [1.54, 1.807) is 4.57 Å². The standard InChI is InChI=1S/C18H18N2O3S/c1-3-4-9-20-15(12-7-5-11(2)6-8-12)19-16-14(17(20)21)13(10-24-16)18(22)23/h5-8,10H,3-4,9H2,1-2H3,(H,22,23). The first-order valence-electron chi connectivity index (χ1n) is 7.85. The van der Waals surface area contributed by atoms with E-state index in [2.05, 4.69) is 11.9 Å². The van der Waals surface area contributed by atoms with Gasteiger partial charge in [0.25, 0.3) is 5.56 Å². The molecule has 124 valence electrons. The van der Waals surface area contributed by atoms with Gasteiger partial charge < -0.3 is 5.11 Å². The number of thiophene rings is 1. The number of aromatic carboxylic acids is 1. The fourth-order valence-corrected chi connectivity index (χ4v) is 3.53. The minimum Gasteiger partial charge on any atom is -0.478 e. The second kappa shape index (κ2) is 6.57. The Morgan fingerprint density at radius 3 is 2.62 bits per heavy atom. The summed E-state index contributed by atoms with van der Waals surface area (Å²) >= 11 is 1.20. The molecule has 1 aromatic carbocycles. The smallest absolute Gasteiger partial charge is 0.337 e. The van der Waals surface area contributed by atoms with Gasteiger partial charge >= 0.3 is 5.97 Å². The van der Waals surface area contributed by atoms with Crippen molar-refractivity contribution in [2.24, 2.45) is 0 Å². The molecule has 0 radical (unpaired) electrons. The number of hydrogen-bond donors (Lipinski definition) is 1. The van der Waals surface area contributed by atoms with Crippen molar-refractivity contribution in [2.75, 3.05) is 0 Å². The Hall–Kier alpha value is -2.47. The average molecular weight is 342 g/mol. The number of aryl methyl sites for hydroxylation is 1. The van der Waals surface area contributed by atoms with Crippen molar-refractivity contribution < 1.29 is 9.90 Å². The molecule has 0 spiro atoms. The Kier molecular flexibility index (Phi) is 4.49. The number of rotatable bonds is 5. The number of nitrogens with zero attached hydrogens (tertiary/aromatic N) is 2. The van der Waals surface area contributed by atoms with Crippen molar-refractivity contribution in [3.63, 3.8) is 0 Å². The molecule has 0 atom stereocenters. The lowest BCUT2D eigenvalue weighted by atomic mass is 10.1. The van der Waals surface area contributed by atoms with Crippen LogP contribution < -0.4 is 5.56 Å². The lowest BCUT2D eigenvalue weighted by Crippen LogP contribution is -2.24. The fraction of sp³-hybridized carbons (Fsp3) is 0.278. The quantitative estimate of drug-likeness (QED) is 0.762. The van der Waals surface area contributed by atoms with Crippen LogP contribution in [0.5, 0.6) is 0 Å². The molecule has 0 fully saturated rings. The van der Waals surface area contributed by atoms with Gasteiger partial charge in [-0.05, 0) is 13.3 Å². The molecular weight excluding hydrogens is 324 g/mol. The molecule has 0 bridgehead atoms. The summed E-state index contributed by atoms with van der Waals surface area (Å²) in [6.07, 6.45) is 1.77. The first-order chi connectivity index (χ1) is 11.5. The summed E-state index contributed by atoms with van der Waals surface area (Å²) in [4.78, 5) is 29.4. The maximum Gasteiger partial charge on any atom is 0.337 e. The molecule has 24 heavy (non-hydrogen) atoms. The summed E-state index contributed by atoms with van der Waals surface area (Å²) < 4.78 is 1.61. The molecule has 1 N–H and O–H groups in total. The zero-order valence-corrected chi connectivity index (χ0v) is 14.4. The van der Waals surface area contributed by atoms with Crippen LogP contribution in [0.2, 0.25) is 0 Å². The number of carboxylic acid groups (broad SMARTS) is 1. The van der Waals surface area contributed by atoms with Crippen LogP contribution in [0, 0.1) is 6.92 Å². The summed E-state index contributed by atoms with van der Waals surface area (Å²) in [6, 6.07) is 7.84. The molecule has 3 aromatic rings. The van der Waals surface area contributed by atoms with Gasteiger partial charge in [0.15, 0.2) is 0 Å². The molecule has 0 aliphatic carbocycles. The number of hydrogen-bond acceptors (Lipinski definition) is 4. The number of unbranched alkanes of at least 4 members (excludes halogenated alkanes) is 1. The molecule has 0 unspecified atom stereocenters. The molecule has 3 rings (SSSR count). The van der Waals surface area contributed by atoms with Crippen molar-refractivity contribution >= 4 is 27.5 Å². The second-order valence-corrected chi connectivity index (χ2v) is 6.60. The van der Waals surface area contributed by atoms with Crippen LogP contribution in [-0.4, -0.2) is 20.6 Å². The van der Waals surface area contributed by atoms with Crippen LogP contribution in [0.3, 0.4) is 0 Å². The van der Waals surface area contributed by atoms with Gasteiger partial charge in [0.1, 0.15) is 10.7 Å². The van der Waals surface area contributed by atoms with E-state index in [1.807, 2.05) is 31.2 Å². The van der Waals surface area contributed by atoms with Crippen LogP contribution in [0.15, 0.2) is 34.4 Å². The highest BCUT2D eigenvalue weighted by Gasteiger charge is 2.20. The Balaban J connectivity index is 2.29. The number of benzene rings is 1. The normalized spacial score (nSPS) is 11.1. The fourth-order valence-electron chi connectivity index (χ4n) is 2.63. The number of fused-ring (bicyclic) bond motifs is 1. The van der Waals surface area contributed by atoms with Gasteiger partial charge in [-0.15, -0.1) is 11.3 Å². The predicted molar refractivity (Wildman–Crippen MR) is 95.9 cm³/mol. The van der Waals surface area contributed by atoms with Crippen LogP contribution in [0.25, 0.3) is 21.6 Å². The van der Waals surface area contributed by atoms with E-state index in [4.69, 9.17) is 0 Å². The van der Waals surface area contributed by atoms with E-state index in [1.165, 1.54) is 16.7 Å². The van der Waals surface area contributed by atoms with Gasteiger partial charge in [0, 0.05) is 17.5 Å². The minimum atomic E-state index is -1.09. The topological polar surface area (TPSA) is 72.2 Å². The van der Waals surface area contributed by atoms with Crippen LogP contribution >= 0.6 is 11.3 Å². The third-order valence-electron chi connectivity index (χ3n) is 3.97. The molecular formula is C18H18N2O3S. The summed E-state index contributed by atoms with van der Waals surface area (Å²) in [5.41, 5.74) is 1.75. The lowest BCUT2D eigenvalue weighted by molar-refractivity contribution is 0.0699. The third kappa shape index (κ3) is 2.85. The summed E-state index contributed by atoms with van der Waals surface area (Å²) in [6.45, 7) is 4.58. The summed E-state index contributed by atoms with van der Waals surface area (Å²) in [5, 5.41) is 11.0. The van der Waals surface area contributed by atoms with E-state index in [9.17, 15) is 14.7 Å². The van der Waals surface area contributed by atoms with Gasteiger partial charge in [0.05, 0.1) is 10.9 Å². The van der Waals surface area contributed by atoms with Crippen LogP contribution in [0.1, 0.15) is 35.7 Å². The van der Waals surface area contributed by atoms with Crippen molar-refractivity contribution in [2.45, 2.75) is 33.2 Å². The van der Waals surface area contributed by atoms with Gasteiger partial charge in [-0.3, -0.25) is 9.36 Å². The maximum absolute atomic E-state index is 12.9. The van der Waals surface area contributed by atoms with Gasteiger partial charge in [-0.1, -0.05) is 43.2 Å². The van der Waals surface area contributed by atoms with Crippen molar-refractivity contribution in [3.05, 3.63) is 51.1 Å². The van der Waals surface area contributed by atoms with Crippen LogP contribution in [0.4, 0.5) is 0 Å². The Morgan fingerprint density at radius 2 is 2.00 bits per heavy atom. The van der Waals surface area contributed by atoms with E-state index in [0.717, 1.165) is 24.0 Å². The van der Waals surface area contributed by atoms with Gasteiger partial charge in [-0.2, -0.15) is 0 Å². The Bertz CT molecular complexity index is 955. The van der Waals surface area contributed by atoms with Crippen LogP contribution in [-0.2, 0) is 6.54 Å². The zero-order valence-electron chi connectivity index (χ0n) is 13.6. The molecule has 5 nitrogen and oxygen atoms in total. The SMILES string of the molecule is CCCCn1c(-c2ccc(C)cc2)nc2scc(C(=O)O)c2c1=O. The third-order valence-corrected chi connectivity index (χ3v) is 4.84. The zero-order chi connectivity index (χ0) is 17.3. The highest BCUT2D eigenvalue weighted by atomic mass is 32.1. The monoisotopic (exact) mass is 342 g/mol. The maximum atomic E-state index is 12.9. The molecule has 0 aliphatic rings. The molecule has 2 heterocycles. The summed E-state index contributed by atoms with van der Waals surface area (Å²) in [5.74, 6) is -0.495. The molecule has 2 aromatic heterocycles. The number of aromatic nitrogens is 2. The van der Waals surface area contributed by atoms with Gasteiger partial charge in [0.2, 0.25) is 0 Å². The lowest BCUT2D eigenvalue weighted by Gasteiger charge is -2.12. The Labute approximate surface area is 143 Å². The van der Waals surface area contributed by atoms with Crippen molar-refractivity contribution in [3.8, 4) is 11.4 Å². The summed E-state index contributed by atoms with van der Waals surface area (Å²) in [7, 11) is 0. The van der Waals surface area contributed by atoms with Crippen molar-refractivity contribution in [1.82, 2.24) is 9.55 Å². The van der Waals surface area contributed by atoms with Gasteiger partial charge in [-0.25, -0.2) is 9.78 Å². The molecule has 0 amide bonds. The second-order valence-electron chi connectivity index (χ2n) is 5.75. The van der Waals surface area contributed by atoms with E-state index >= 15 is 0 Å². The van der Waals surface area contributed by atoms with E-state index in [-0.39, 0.29) is 16.5 Å². The molecule has 0 aliphatic heterocycles. The highest BCUT2D eigenvalue weighted by molar-refractivity contribution is 7.17. The van der Waals surface area contributed by atoms with E-state index in [0.29, 0.717) is 17.2 Å². The van der Waals surface area contributed by atoms with E-state index < -0.39 is 5.97 Å². The minimum absolute atomic E-state index is 0.0354. The molecule has 0 saturated heterocycles. The number of carboxylic acids is 1. The Morgan fingerprint density at radius 1 is 1.29 bits per heavy atom. The first kappa shape index (κ1) is 16.4. The average Bonchev–Trinajstić information content (AvgIpc) is 2.99. The van der Waals surface area contributed by atoms with Crippen molar-refractivity contribution in [1.29, 1.82) is 0 Å².